The van der Waals surface area contributed by atoms with Crippen LogP contribution in [0.25, 0.3) is 0 Å². The molecule has 1 aliphatic rings. The SMILES string of the molecule is CC1(NCc2cccc(C(N)=O)c2)CCC1. The van der Waals surface area contributed by atoms with Crippen LogP contribution in [0.5, 0.6) is 0 Å². The average molecular weight is 218 g/mol. The molecule has 1 aliphatic carbocycles. The molecule has 1 aromatic rings. The number of hydrogen-bond donors (Lipinski definition) is 2. The van der Waals surface area contributed by atoms with Gasteiger partial charge in [0.05, 0.1) is 0 Å². The first-order valence-corrected chi connectivity index (χ1v) is 5.73. The summed E-state index contributed by atoms with van der Waals surface area (Å²) in [6, 6.07) is 7.50. The quantitative estimate of drug-likeness (QED) is 0.810. The highest BCUT2D eigenvalue weighted by Crippen LogP contribution is 2.31. The van der Waals surface area contributed by atoms with Gasteiger partial charge in [0, 0.05) is 17.6 Å². The number of primary amides is 1. The molecule has 1 amide bonds. The van der Waals surface area contributed by atoms with Crippen LogP contribution in [-0.2, 0) is 6.54 Å². The lowest BCUT2D eigenvalue weighted by atomic mass is 9.78. The van der Waals surface area contributed by atoms with E-state index in [0.717, 1.165) is 12.1 Å². The van der Waals surface area contributed by atoms with Crippen LogP contribution in [-0.4, -0.2) is 11.4 Å². The number of nitrogens with one attached hydrogen (secondary N) is 1. The molecule has 0 unspecified atom stereocenters. The molecule has 0 atom stereocenters. The van der Waals surface area contributed by atoms with Gasteiger partial charge in [0.15, 0.2) is 0 Å². The van der Waals surface area contributed by atoms with Gasteiger partial charge in [0.25, 0.3) is 0 Å². The van der Waals surface area contributed by atoms with Gasteiger partial charge >= 0.3 is 0 Å². The Labute approximate surface area is 96.0 Å². The van der Waals surface area contributed by atoms with Crippen LogP contribution in [0.15, 0.2) is 24.3 Å². The lowest BCUT2D eigenvalue weighted by Gasteiger charge is -2.39. The van der Waals surface area contributed by atoms with Gasteiger partial charge in [-0.15, -0.1) is 0 Å². The first kappa shape index (κ1) is 11.1. The first-order chi connectivity index (χ1) is 7.59. The smallest absolute Gasteiger partial charge is 0.248 e. The zero-order valence-corrected chi connectivity index (χ0v) is 9.62. The Morgan fingerprint density at radius 1 is 1.50 bits per heavy atom. The Hall–Kier alpha value is -1.35. The van der Waals surface area contributed by atoms with Crippen molar-refractivity contribution in [2.24, 2.45) is 5.73 Å². The van der Waals surface area contributed by atoms with Crippen molar-refractivity contribution in [3.05, 3.63) is 35.4 Å². The van der Waals surface area contributed by atoms with E-state index in [-0.39, 0.29) is 5.91 Å². The number of nitrogens with two attached hydrogens (primary N) is 1. The summed E-state index contributed by atoms with van der Waals surface area (Å²) in [7, 11) is 0. The molecule has 0 bridgehead atoms. The van der Waals surface area contributed by atoms with Crippen molar-refractivity contribution in [2.45, 2.75) is 38.3 Å². The van der Waals surface area contributed by atoms with Crippen molar-refractivity contribution in [1.82, 2.24) is 5.32 Å². The zero-order valence-electron chi connectivity index (χ0n) is 9.62. The maximum atomic E-state index is 11.0. The molecule has 3 nitrogen and oxygen atoms in total. The van der Waals surface area contributed by atoms with Gasteiger partial charge in [-0.1, -0.05) is 12.1 Å². The standard InChI is InChI=1S/C13H18N2O/c1-13(6-3-7-13)15-9-10-4-2-5-11(8-10)12(14)16/h2,4-5,8,15H,3,6-7,9H2,1H3,(H2,14,16). The lowest BCUT2D eigenvalue weighted by molar-refractivity contribution is 0.1000. The van der Waals surface area contributed by atoms with Crippen molar-refractivity contribution >= 4 is 5.91 Å². The molecule has 1 fully saturated rings. The number of carbonyl (C=O) groups is 1. The molecule has 16 heavy (non-hydrogen) atoms. The van der Waals surface area contributed by atoms with Crippen LogP contribution in [0, 0.1) is 0 Å². The number of amides is 1. The number of carbonyl (C=O) groups excluding carboxylic acids is 1. The molecular formula is C13H18N2O. The van der Waals surface area contributed by atoms with Crippen LogP contribution < -0.4 is 11.1 Å². The molecule has 1 saturated carbocycles. The second kappa shape index (κ2) is 4.26. The summed E-state index contributed by atoms with van der Waals surface area (Å²) >= 11 is 0. The Balaban J connectivity index is 1.98. The third-order valence-electron chi connectivity index (χ3n) is 3.39. The molecule has 1 aromatic carbocycles. The van der Waals surface area contributed by atoms with E-state index >= 15 is 0 Å². The van der Waals surface area contributed by atoms with Crippen molar-refractivity contribution in [2.75, 3.05) is 0 Å². The summed E-state index contributed by atoms with van der Waals surface area (Å²) in [5.74, 6) is -0.364. The Kier molecular flexibility index (Phi) is 2.97. The zero-order chi connectivity index (χ0) is 11.6. The largest absolute Gasteiger partial charge is 0.366 e. The third-order valence-corrected chi connectivity index (χ3v) is 3.39. The first-order valence-electron chi connectivity index (χ1n) is 5.73. The third kappa shape index (κ3) is 2.42. The lowest BCUT2D eigenvalue weighted by Crippen LogP contribution is -2.47. The van der Waals surface area contributed by atoms with Crippen molar-refractivity contribution in [3.8, 4) is 0 Å². The number of benzene rings is 1. The van der Waals surface area contributed by atoms with Crippen molar-refractivity contribution in [1.29, 1.82) is 0 Å². The van der Waals surface area contributed by atoms with Crippen LogP contribution in [0.3, 0.4) is 0 Å². The monoisotopic (exact) mass is 218 g/mol. The maximum Gasteiger partial charge on any atom is 0.248 e. The predicted octanol–water partition coefficient (Wildman–Crippen LogP) is 1.82. The van der Waals surface area contributed by atoms with E-state index in [1.807, 2.05) is 18.2 Å². The van der Waals surface area contributed by atoms with E-state index in [4.69, 9.17) is 5.73 Å². The normalized spacial score (nSPS) is 17.8. The molecule has 3 N–H and O–H groups in total. The molecule has 86 valence electrons. The van der Waals surface area contributed by atoms with E-state index < -0.39 is 0 Å². The highest BCUT2D eigenvalue weighted by molar-refractivity contribution is 5.92. The van der Waals surface area contributed by atoms with Crippen LogP contribution in [0.4, 0.5) is 0 Å². The molecule has 3 heteroatoms. The molecular weight excluding hydrogens is 200 g/mol. The molecule has 0 aromatic heterocycles. The van der Waals surface area contributed by atoms with Crippen LogP contribution >= 0.6 is 0 Å². The molecule has 2 rings (SSSR count). The summed E-state index contributed by atoms with van der Waals surface area (Å²) in [5, 5.41) is 3.53. The number of hydrogen-bond acceptors (Lipinski definition) is 2. The Morgan fingerprint density at radius 3 is 2.81 bits per heavy atom. The summed E-state index contributed by atoms with van der Waals surface area (Å²) in [6.45, 7) is 3.05. The highest BCUT2D eigenvalue weighted by Gasteiger charge is 2.30. The van der Waals surface area contributed by atoms with Gasteiger partial charge < -0.3 is 11.1 Å². The fourth-order valence-corrected chi connectivity index (χ4v) is 2.03. The van der Waals surface area contributed by atoms with Gasteiger partial charge in [0.2, 0.25) is 5.91 Å². The minimum absolute atomic E-state index is 0.294. The second-order valence-corrected chi connectivity index (χ2v) is 4.83. The molecule has 0 saturated heterocycles. The topological polar surface area (TPSA) is 55.1 Å². The Morgan fingerprint density at radius 2 is 2.25 bits per heavy atom. The van der Waals surface area contributed by atoms with E-state index in [1.54, 1.807) is 6.07 Å². The number of rotatable bonds is 4. The minimum Gasteiger partial charge on any atom is -0.366 e. The maximum absolute atomic E-state index is 11.0. The van der Waals surface area contributed by atoms with Crippen LogP contribution in [0.2, 0.25) is 0 Å². The van der Waals surface area contributed by atoms with Crippen molar-refractivity contribution in [3.63, 3.8) is 0 Å². The fourth-order valence-electron chi connectivity index (χ4n) is 2.03. The average Bonchev–Trinajstić information content (AvgIpc) is 2.24. The van der Waals surface area contributed by atoms with Gasteiger partial charge in [-0.3, -0.25) is 4.79 Å². The molecule has 0 aliphatic heterocycles. The van der Waals surface area contributed by atoms with Gasteiger partial charge in [-0.05, 0) is 43.9 Å². The highest BCUT2D eigenvalue weighted by atomic mass is 16.1. The Bertz CT molecular complexity index is 397. The fraction of sp³-hybridized carbons (Fsp3) is 0.462. The van der Waals surface area contributed by atoms with Gasteiger partial charge in [0.1, 0.15) is 0 Å². The van der Waals surface area contributed by atoms with Crippen LogP contribution in [0.1, 0.15) is 42.1 Å². The minimum atomic E-state index is -0.364. The summed E-state index contributed by atoms with van der Waals surface area (Å²) < 4.78 is 0. The second-order valence-electron chi connectivity index (χ2n) is 4.83. The van der Waals surface area contributed by atoms with E-state index in [0.29, 0.717) is 11.1 Å². The van der Waals surface area contributed by atoms with E-state index in [2.05, 4.69) is 12.2 Å². The molecule has 0 spiro atoms. The van der Waals surface area contributed by atoms with E-state index in [1.165, 1.54) is 19.3 Å². The van der Waals surface area contributed by atoms with Crippen molar-refractivity contribution < 1.29 is 4.79 Å². The summed E-state index contributed by atoms with van der Waals surface area (Å²) in [5.41, 5.74) is 7.23. The predicted molar refractivity (Wildman–Crippen MR) is 64.1 cm³/mol. The van der Waals surface area contributed by atoms with E-state index in [9.17, 15) is 4.79 Å². The summed E-state index contributed by atoms with van der Waals surface area (Å²) in [6.07, 6.45) is 3.79. The molecule has 0 radical (unpaired) electrons. The summed E-state index contributed by atoms with van der Waals surface area (Å²) in [4.78, 5) is 11.0. The van der Waals surface area contributed by atoms with Gasteiger partial charge in [-0.2, -0.15) is 0 Å². The van der Waals surface area contributed by atoms with Gasteiger partial charge in [-0.25, -0.2) is 0 Å². The molecule has 0 heterocycles.